The van der Waals surface area contributed by atoms with Crippen molar-refractivity contribution < 1.29 is 24.5 Å². The van der Waals surface area contributed by atoms with Crippen LogP contribution in [-0.4, -0.2) is 4.98 Å². The largest absolute Gasteiger partial charge is 0.476 e. The van der Waals surface area contributed by atoms with Gasteiger partial charge in [0.1, 0.15) is 5.58 Å². The first kappa shape index (κ1) is 14.0. The van der Waals surface area contributed by atoms with Crippen LogP contribution >= 0.6 is 0 Å². The van der Waals surface area contributed by atoms with E-state index in [1.807, 2.05) is 30.3 Å². The molecule has 0 amide bonds. The van der Waals surface area contributed by atoms with Crippen LogP contribution in [0.2, 0.25) is 0 Å². The number of hydrogen-bond donors (Lipinski definition) is 0. The quantitative estimate of drug-likeness (QED) is 0.391. The zero-order chi connectivity index (χ0) is 13.5. The number of nitrogens with zero attached hydrogens (tertiary/aromatic N) is 1. The van der Waals surface area contributed by atoms with Crippen LogP contribution in [0, 0.1) is 13.0 Å². The summed E-state index contributed by atoms with van der Waals surface area (Å²) in [5.41, 5.74) is 4.86. The number of aryl methyl sites for hydroxylation is 1. The Kier molecular flexibility index (Phi) is 3.62. The molecule has 0 aliphatic carbocycles. The Balaban J connectivity index is 0.00000132. The first-order valence-electron chi connectivity index (χ1n) is 6.57. The molecule has 105 valence electrons. The fraction of sp³-hybridized carbons (Fsp3) is 0.0556. The third kappa shape index (κ3) is 2.39. The molecule has 2 aromatic heterocycles. The van der Waals surface area contributed by atoms with Gasteiger partial charge in [-0.2, -0.15) is 0 Å². The molecule has 0 saturated heterocycles. The molecule has 2 aromatic carbocycles. The number of benzene rings is 2. The Morgan fingerprint density at radius 1 is 1.00 bits per heavy atom. The van der Waals surface area contributed by atoms with E-state index in [0.29, 0.717) is 0 Å². The van der Waals surface area contributed by atoms with E-state index in [-0.39, 0.29) is 20.1 Å². The van der Waals surface area contributed by atoms with Crippen LogP contribution in [-0.2, 0) is 20.1 Å². The molecule has 0 atom stereocenters. The number of furan rings is 1. The normalized spacial score (nSPS) is 10.7. The number of rotatable bonds is 1. The van der Waals surface area contributed by atoms with Gasteiger partial charge in [0.25, 0.3) is 0 Å². The van der Waals surface area contributed by atoms with Gasteiger partial charge in [-0.3, -0.25) is 0 Å². The zero-order valence-electron chi connectivity index (χ0n) is 11.4. The monoisotopic (exact) mass is 451 g/mol. The number of aromatic nitrogens is 1. The van der Waals surface area contributed by atoms with Gasteiger partial charge in [-0.25, -0.2) is 0 Å². The van der Waals surface area contributed by atoms with Gasteiger partial charge < -0.3 is 9.40 Å². The molecule has 1 radical (unpaired) electrons. The average Bonchev–Trinajstić information content (AvgIpc) is 2.84. The maximum absolute atomic E-state index is 5.95. The van der Waals surface area contributed by atoms with Crippen LogP contribution in [0.3, 0.4) is 0 Å². The first-order valence-corrected chi connectivity index (χ1v) is 6.57. The number of hydrogen-bond acceptors (Lipinski definition) is 2. The molecular weight excluding hydrogens is 438 g/mol. The van der Waals surface area contributed by atoms with Crippen molar-refractivity contribution in [3.05, 3.63) is 66.4 Å². The minimum atomic E-state index is 0. The van der Waals surface area contributed by atoms with Crippen molar-refractivity contribution in [3.63, 3.8) is 0 Å². The molecule has 0 N–H and O–H groups in total. The minimum absolute atomic E-state index is 0. The summed E-state index contributed by atoms with van der Waals surface area (Å²) in [7, 11) is 0. The Morgan fingerprint density at radius 2 is 1.86 bits per heavy atom. The second kappa shape index (κ2) is 5.44. The van der Waals surface area contributed by atoms with Crippen molar-refractivity contribution in [2.45, 2.75) is 6.92 Å². The maximum Gasteiger partial charge on any atom is 0.123 e. The van der Waals surface area contributed by atoms with Crippen molar-refractivity contribution in [2.24, 2.45) is 0 Å². The second-order valence-electron chi connectivity index (χ2n) is 4.94. The van der Waals surface area contributed by atoms with Gasteiger partial charge in [0.05, 0.1) is 5.58 Å². The number of pyridine rings is 1. The van der Waals surface area contributed by atoms with Crippen LogP contribution in [0.5, 0.6) is 0 Å². The topological polar surface area (TPSA) is 26.0 Å². The van der Waals surface area contributed by atoms with Crippen LogP contribution < -0.4 is 0 Å². The number of fused-ring (bicyclic) bond motifs is 3. The molecule has 0 unspecified atom stereocenters. The van der Waals surface area contributed by atoms with E-state index in [1.54, 1.807) is 6.20 Å². The third-order valence-electron chi connectivity index (χ3n) is 3.50. The van der Waals surface area contributed by atoms with Crippen LogP contribution in [0.1, 0.15) is 5.56 Å². The van der Waals surface area contributed by atoms with E-state index >= 15 is 0 Å². The Morgan fingerprint density at radius 3 is 2.67 bits per heavy atom. The van der Waals surface area contributed by atoms with E-state index in [2.05, 4.69) is 36.2 Å². The molecular formula is C18H12IrNO-. The van der Waals surface area contributed by atoms with Gasteiger partial charge >= 0.3 is 0 Å². The van der Waals surface area contributed by atoms with E-state index in [9.17, 15) is 0 Å². The van der Waals surface area contributed by atoms with Gasteiger partial charge in [0.15, 0.2) is 0 Å². The van der Waals surface area contributed by atoms with Crippen LogP contribution in [0.4, 0.5) is 0 Å². The average molecular weight is 451 g/mol. The summed E-state index contributed by atoms with van der Waals surface area (Å²) in [6, 6.07) is 19.4. The molecule has 4 rings (SSSR count). The van der Waals surface area contributed by atoms with E-state index in [1.165, 1.54) is 5.56 Å². The third-order valence-corrected chi connectivity index (χ3v) is 3.50. The van der Waals surface area contributed by atoms with Crippen molar-refractivity contribution >= 4 is 21.9 Å². The fourth-order valence-electron chi connectivity index (χ4n) is 2.49. The summed E-state index contributed by atoms with van der Waals surface area (Å²) < 4.78 is 5.95. The molecule has 0 bridgehead atoms. The molecule has 0 fully saturated rings. The summed E-state index contributed by atoms with van der Waals surface area (Å²) in [6.45, 7) is 2.07. The molecule has 21 heavy (non-hydrogen) atoms. The summed E-state index contributed by atoms with van der Waals surface area (Å²) >= 11 is 0. The second-order valence-corrected chi connectivity index (χ2v) is 4.94. The van der Waals surface area contributed by atoms with Crippen molar-refractivity contribution in [3.8, 4) is 11.3 Å². The summed E-state index contributed by atoms with van der Waals surface area (Å²) in [5.74, 6) is 0. The smallest absolute Gasteiger partial charge is 0.123 e. The van der Waals surface area contributed by atoms with Gasteiger partial charge in [0.2, 0.25) is 0 Å². The van der Waals surface area contributed by atoms with Gasteiger partial charge in [0, 0.05) is 26.3 Å². The molecule has 2 heterocycles. The van der Waals surface area contributed by atoms with Gasteiger partial charge in [-0.1, -0.05) is 35.7 Å². The fourth-order valence-corrected chi connectivity index (χ4v) is 2.49. The van der Waals surface area contributed by atoms with Gasteiger partial charge in [-0.05, 0) is 35.7 Å². The van der Waals surface area contributed by atoms with Crippen LogP contribution in [0.15, 0.2) is 59.1 Å². The maximum atomic E-state index is 5.95. The molecule has 3 heteroatoms. The Labute approximate surface area is 136 Å². The summed E-state index contributed by atoms with van der Waals surface area (Å²) in [4.78, 5) is 4.35. The minimum Gasteiger partial charge on any atom is -0.476 e. The summed E-state index contributed by atoms with van der Waals surface area (Å²) in [5, 5.41) is 2.23. The molecule has 0 aliphatic heterocycles. The zero-order valence-corrected chi connectivity index (χ0v) is 13.8. The SMILES string of the molecule is Cc1ccc2c(c1)oc1cc(-c3ccccn3)[c-]cc12.[Ir]. The van der Waals surface area contributed by atoms with E-state index in [0.717, 1.165) is 33.2 Å². The molecule has 0 spiro atoms. The molecule has 0 aliphatic rings. The molecule has 4 aromatic rings. The first-order chi connectivity index (χ1) is 9.81. The molecule has 0 saturated carbocycles. The van der Waals surface area contributed by atoms with E-state index < -0.39 is 0 Å². The summed E-state index contributed by atoms with van der Waals surface area (Å²) in [6.07, 6.45) is 1.79. The standard InChI is InChI=1S/C18H12NO.Ir/c1-12-5-7-14-15-8-6-13(16-4-2-3-9-19-16)11-18(15)20-17(14)10-12;/h2-5,7-11H,1H3;/q-1;. The van der Waals surface area contributed by atoms with Crippen molar-refractivity contribution in [1.29, 1.82) is 0 Å². The van der Waals surface area contributed by atoms with Crippen molar-refractivity contribution in [1.82, 2.24) is 4.98 Å². The Bertz CT molecular complexity index is 912. The predicted octanol–water partition coefficient (Wildman–Crippen LogP) is 4.75. The van der Waals surface area contributed by atoms with E-state index in [4.69, 9.17) is 4.42 Å². The van der Waals surface area contributed by atoms with Crippen LogP contribution in [0.25, 0.3) is 33.2 Å². The Hall–Kier alpha value is -1.96. The molecule has 2 nitrogen and oxygen atoms in total. The van der Waals surface area contributed by atoms with Crippen molar-refractivity contribution in [2.75, 3.05) is 0 Å². The predicted molar refractivity (Wildman–Crippen MR) is 80.5 cm³/mol. The van der Waals surface area contributed by atoms with Gasteiger partial charge in [-0.15, -0.1) is 17.7 Å².